The molecule has 0 aromatic carbocycles. The van der Waals surface area contributed by atoms with Crippen molar-refractivity contribution in [2.75, 3.05) is 0 Å². The van der Waals surface area contributed by atoms with Crippen LogP contribution in [-0.2, 0) is 0 Å². The molecule has 0 heterocycles. The molecule has 0 aromatic heterocycles. The fourth-order valence-electron chi connectivity index (χ4n) is 2.52. The van der Waals surface area contributed by atoms with Crippen LogP contribution in [0.15, 0.2) is 0 Å². The first-order valence-electron chi connectivity index (χ1n) is 8.56. The fraction of sp³-hybridized carbons (Fsp3) is 1.00. The van der Waals surface area contributed by atoms with Gasteiger partial charge in [0.2, 0.25) is 0 Å². The van der Waals surface area contributed by atoms with Gasteiger partial charge in [0.25, 0.3) is 0 Å². The van der Waals surface area contributed by atoms with Gasteiger partial charge in [0.1, 0.15) is 0 Å². The van der Waals surface area contributed by atoms with E-state index in [9.17, 15) is 0 Å². The molecule has 0 saturated heterocycles. The average molecular weight is 272 g/mol. The Morgan fingerprint density at radius 3 is 1.28 bits per heavy atom. The second-order valence-corrected chi connectivity index (χ2v) is 6.82. The Morgan fingerprint density at radius 1 is 0.556 bits per heavy atom. The summed E-state index contributed by atoms with van der Waals surface area (Å²) in [5.74, 6) is 0. The molecular weight excluding hydrogens is 235 g/mol. The molecule has 0 fully saturated rings. The standard InChI is InChI=1S/C17H37P/c1-3-5-7-9-11-13-15-17(18)16-14-12-10-8-6-4-2/h17H,3-16,18H2,1-2H3. The van der Waals surface area contributed by atoms with Crippen LogP contribution in [0.1, 0.15) is 104 Å². The third-order valence-electron chi connectivity index (χ3n) is 3.86. The summed E-state index contributed by atoms with van der Waals surface area (Å²) in [6.07, 6.45) is 20.1. The maximum atomic E-state index is 3.07. The third-order valence-corrected chi connectivity index (χ3v) is 4.52. The predicted molar refractivity (Wildman–Crippen MR) is 89.5 cm³/mol. The highest BCUT2D eigenvalue weighted by atomic mass is 31.0. The lowest BCUT2D eigenvalue weighted by molar-refractivity contribution is 0.542. The molecule has 0 bridgehead atoms. The zero-order valence-electron chi connectivity index (χ0n) is 13.1. The lowest BCUT2D eigenvalue weighted by atomic mass is 10.0. The summed E-state index contributed by atoms with van der Waals surface area (Å²) >= 11 is 0. The predicted octanol–water partition coefficient (Wildman–Crippen LogP) is 6.73. The minimum Gasteiger partial charge on any atom is -0.134 e. The lowest BCUT2D eigenvalue weighted by Crippen LogP contribution is -1.97. The summed E-state index contributed by atoms with van der Waals surface area (Å²) in [7, 11) is 3.07. The molecule has 0 saturated carbocycles. The van der Waals surface area contributed by atoms with E-state index in [2.05, 4.69) is 23.1 Å². The maximum absolute atomic E-state index is 3.07. The van der Waals surface area contributed by atoms with E-state index < -0.39 is 0 Å². The Balaban J connectivity index is 3.10. The van der Waals surface area contributed by atoms with Crippen molar-refractivity contribution in [2.45, 2.75) is 109 Å². The summed E-state index contributed by atoms with van der Waals surface area (Å²) in [5, 5.41) is 0. The molecule has 0 radical (unpaired) electrons. The van der Waals surface area contributed by atoms with E-state index in [1.54, 1.807) is 0 Å². The highest BCUT2D eigenvalue weighted by Gasteiger charge is 2.02. The van der Waals surface area contributed by atoms with E-state index in [1.165, 1.54) is 89.9 Å². The van der Waals surface area contributed by atoms with Crippen LogP contribution in [-0.4, -0.2) is 5.66 Å². The Bertz CT molecular complexity index is 129. The fourth-order valence-corrected chi connectivity index (χ4v) is 2.99. The van der Waals surface area contributed by atoms with Crippen molar-refractivity contribution in [3.05, 3.63) is 0 Å². The van der Waals surface area contributed by atoms with Crippen LogP contribution in [0.5, 0.6) is 0 Å². The smallest absolute Gasteiger partial charge is 0.0264 e. The van der Waals surface area contributed by atoms with Gasteiger partial charge in [-0.2, -0.15) is 0 Å². The number of hydrogen-bond acceptors (Lipinski definition) is 0. The van der Waals surface area contributed by atoms with Gasteiger partial charge in [-0.15, -0.1) is 9.24 Å². The van der Waals surface area contributed by atoms with Gasteiger partial charge in [-0.05, 0) is 18.5 Å². The largest absolute Gasteiger partial charge is 0.134 e. The Kier molecular flexibility index (Phi) is 15.9. The Hall–Kier alpha value is 0.430. The summed E-state index contributed by atoms with van der Waals surface area (Å²) in [4.78, 5) is 0. The summed E-state index contributed by atoms with van der Waals surface area (Å²) < 4.78 is 0. The molecule has 1 atom stereocenters. The second-order valence-electron chi connectivity index (χ2n) is 5.87. The van der Waals surface area contributed by atoms with Crippen LogP contribution in [0, 0.1) is 0 Å². The van der Waals surface area contributed by atoms with Crippen molar-refractivity contribution >= 4 is 9.24 Å². The zero-order valence-corrected chi connectivity index (χ0v) is 14.2. The Labute approximate surface area is 119 Å². The Morgan fingerprint density at radius 2 is 0.889 bits per heavy atom. The second kappa shape index (κ2) is 15.5. The topological polar surface area (TPSA) is 0 Å². The van der Waals surface area contributed by atoms with E-state index >= 15 is 0 Å². The van der Waals surface area contributed by atoms with Gasteiger partial charge < -0.3 is 0 Å². The van der Waals surface area contributed by atoms with Gasteiger partial charge in [-0.3, -0.25) is 0 Å². The van der Waals surface area contributed by atoms with Gasteiger partial charge in [-0.1, -0.05) is 90.9 Å². The molecule has 0 aliphatic carbocycles. The molecule has 0 nitrogen and oxygen atoms in total. The summed E-state index contributed by atoms with van der Waals surface area (Å²) in [6.45, 7) is 4.58. The molecule has 0 aliphatic heterocycles. The minimum absolute atomic E-state index is 0.891. The SMILES string of the molecule is CCCCCCCCC(P)CCCCCCCC. The van der Waals surface area contributed by atoms with Crippen LogP contribution in [0.4, 0.5) is 0 Å². The van der Waals surface area contributed by atoms with E-state index in [0.717, 1.165) is 5.66 Å². The monoisotopic (exact) mass is 272 g/mol. The molecule has 0 spiro atoms. The van der Waals surface area contributed by atoms with E-state index in [0.29, 0.717) is 0 Å². The average Bonchev–Trinajstić information content (AvgIpc) is 2.38. The summed E-state index contributed by atoms with van der Waals surface area (Å²) in [5.41, 5.74) is 0.891. The normalized spacial score (nSPS) is 11.3. The van der Waals surface area contributed by atoms with Gasteiger partial charge in [0.05, 0.1) is 0 Å². The van der Waals surface area contributed by atoms with E-state index in [4.69, 9.17) is 0 Å². The molecular formula is C17H37P. The highest BCUT2D eigenvalue weighted by Crippen LogP contribution is 2.19. The molecule has 18 heavy (non-hydrogen) atoms. The van der Waals surface area contributed by atoms with Crippen molar-refractivity contribution in [3.8, 4) is 0 Å². The maximum Gasteiger partial charge on any atom is -0.0264 e. The lowest BCUT2D eigenvalue weighted by Gasteiger charge is -2.10. The van der Waals surface area contributed by atoms with Crippen LogP contribution < -0.4 is 0 Å². The molecule has 0 amide bonds. The van der Waals surface area contributed by atoms with Crippen molar-refractivity contribution < 1.29 is 0 Å². The number of rotatable bonds is 14. The highest BCUT2D eigenvalue weighted by molar-refractivity contribution is 7.17. The van der Waals surface area contributed by atoms with E-state index in [-0.39, 0.29) is 0 Å². The van der Waals surface area contributed by atoms with Gasteiger partial charge in [-0.25, -0.2) is 0 Å². The van der Waals surface area contributed by atoms with E-state index in [1.807, 2.05) is 0 Å². The van der Waals surface area contributed by atoms with Crippen molar-refractivity contribution in [2.24, 2.45) is 0 Å². The van der Waals surface area contributed by atoms with Crippen molar-refractivity contribution in [1.29, 1.82) is 0 Å². The van der Waals surface area contributed by atoms with Crippen molar-refractivity contribution in [1.82, 2.24) is 0 Å². The number of unbranched alkanes of at least 4 members (excludes halogenated alkanes) is 10. The van der Waals surface area contributed by atoms with Crippen LogP contribution in [0.25, 0.3) is 0 Å². The first-order chi connectivity index (χ1) is 8.81. The minimum atomic E-state index is 0.891. The molecule has 0 rings (SSSR count). The van der Waals surface area contributed by atoms with Crippen LogP contribution >= 0.6 is 9.24 Å². The summed E-state index contributed by atoms with van der Waals surface area (Å²) in [6, 6.07) is 0. The molecule has 0 aromatic rings. The van der Waals surface area contributed by atoms with Crippen molar-refractivity contribution in [3.63, 3.8) is 0 Å². The first-order valence-corrected chi connectivity index (χ1v) is 9.23. The van der Waals surface area contributed by atoms with Crippen LogP contribution in [0.3, 0.4) is 0 Å². The number of hydrogen-bond donors (Lipinski definition) is 0. The third kappa shape index (κ3) is 14.5. The van der Waals surface area contributed by atoms with Gasteiger partial charge in [0, 0.05) is 0 Å². The van der Waals surface area contributed by atoms with Crippen LogP contribution in [0.2, 0.25) is 0 Å². The van der Waals surface area contributed by atoms with Gasteiger partial charge >= 0.3 is 0 Å². The van der Waals surface area contributed by atoms with Gasteiger partial charge in [0.15, 0.2) is 0 Å². The molecule has 110 valence electrons. The zero-order chi connectivity index (χ0) is 13.5. The first kappa shape index (κ1) is 18.4. The molecule has 0 aliphatic rings. The molecule has 1 heteroatoms. The quantitative estimate of drug-likeness (QED) is 0.243. The molecule has 1 unspecified atom stereocenters. The molecule has 0 N–H and O–H groups in total.